The van der Waals surface area contributed by atoms with Crippen LogP contribution in [0.3, 0.4) is 0 Å². The van der Waals surface area contributed by atoms with Gasteiger partial charge in [0.15, 0.2) is 0 Å². The molecule has 2 nitrogen and oxygen atoms in total. The van der Waals surface area contributed by atoms with Crippen LogP contribution in [0.4, 0.5) is 0 Å². The summed E-state index contributed by atoms with van der Waals surface area (Å²) in [7, 11) is 0. The van der Waals surface area contributed by atoms with E-state index in [4.69, 9.17) is 11.6 Å². The Bertz CT molecular complexity index is 347. The Hall–Kier alpha value is -1.02. The molecule has 1 aromatic rings. The molecule has 1 aromatic carbocycles. The molecular formula is C12H14ClNO. The molecule has 2 rings (SSSR count). The number of carbonyl (C=O) groups excluding carboxylic acids is 1. The minimum absolute atomic E-state index is 0.274. The van der Waals surface area contributed by atoms with Crippen molar-refractivity contribution in [2.24, 2.45) is 0 Å². The topological polar surface area (TPSA) is 20.3 Å². The van der Waals surface area contributed by atoms with Crippen molar-refractivity contribution in [3.8, 4) is 0 Å². The highest BCUT2D eigenvalue weighted by atomic mass is 35.5. The summed E-state index contributed by atoms with van der Waals surface area (Å²) in [6, 6.07) is 7.69. The third-order valence-corrected chi connectivity index (χ3v) is 2.96. The van der Waals surface area contributed by atoms with E-state index < -0.39 is 0 Å². The molecular weight excluding hydrogens is 210 g/mol. The first-order valence-electron chi connectivity index (χ1n) is 5.28. The lowest BCUT2D eigenvalue weighted by Crippen LogP contribution is -2.34. The summed E-state index contributed by atoms with van der Waals surface area (Å²) < 4.78 is 0. The molecule has 0 spiro atoms. The van der Waals surface area contributed by atoms with Gasteiger partial charge in [-0.15, -0.1) is 0 Å². The fourth-order valence-electron chi connectivity index (χ4n) is 1.84. The molecule has 0 N–H and O–H groups in total. The minimum Gasteiger partial charge on any atom is -0.338 e. The van der Waals surface area contributed by atoms with Gasteiger partial charge in [-0.25, -0.2) is 0 Å². The van der Waals surface area contributed by atoms with Gasteiger partial charge in [0, 0.05) is 24.5 Å². The van der Waals surface area contributed by atoms with Crippen molar-refractivity contribution < 1.29 is 4.79 Å². The molecule has 0 radical (unpaired) electrons. The normalized spacial score (nSPS) is 16.9. The van der Waals surface area contributed by atoms with Crippen LogP contribution in [0.2, 0.25) is 5.02 Å². The quantitative estimate of drug-likeness (QED) is 0.755. The number of rotatable bonds is 2. The van der Waals surface area contributed by atoms with Crippen LogP contribution in [-0.4, -0.2) is 17.4 Å². The predicted octanol–water partition coefficient (Wildman–Crippen LogP) is 2.85. The number of hydrogen-bond donors (Lipinski definition) is 0. The Labute approximate surface area is 94.8 Å². The van der Waals surface area contributed by atoms with Crippen LogP contribution in [0.25, 0.3) is 0 Å². The maximum Gasteiger partial charge on any atom is 0.222 e. The fourth-order valence-corrected chi connectivity index (χ4v) is 1.97. The van der Waals surface area contributed by atoms with Crippen LogP contribution in [0.1, 0.15) is 24.8 Å². The van der Waals surface area contributed by atoms with Crippen LogP contribution >= 0.6 is 11.6 Å². The summed E-state index contributed by atoms with van der Waals surface area (Å²) in [5.74, 6) is 0.274. The predicted molar refractivity (Wildman–Crippen MR) is 60.7 cm³/mol. The number of nitrogens with zero attached hydrogens (tertiary/aromatic N) is 1. The number of amides is 1. The third kappa shape index (κ3) is 2.72. The zero-order chi connectivity index (χ0) is 10.7. The molecule has 15 heavy (non-hydrogen) atoms. The monoisotopic (exact) mass is 223 g/mol. The summed E-state index contributed by atoms with van der Waals surface area (Å²) in [5.41, 5.74) is 1.15. The molecule has 1 saturated heterocycles. The number of likely N-dealkylation sites (tertiary alicyclic amines) is 1. The average molecular weight is 224 g/mol. The van der Waals surface area contributed by atoms with Crippen molar-refractivity contribution in [1.29, 1.82) is 0 Å². The molecule has 3 heteroatoms. The Morgan fingerprint density at radius 1 is 1.20 bits per heavy atom. The Balaban J connectivity index is 2.01. The molecule has 1 amide bonds. The van der Waals surface area contributed by atoms with E-state index in [1.807, 2.05) is 29.2 Å². The largest absolute Gasteiger partial charge is 0.338 e. The average Bonchev–Trinajstić information content (AvgIpc) is 2.25. The smallest absolute Gasteiger partial charge is 0.222 e. The molecule has 1 aliphatic rings. The summed E-state index contributed by atoms with van der Waals surface area (Å²) in [6.45, 7) is 1.61. The van der Waals surface area contributed by atoms with E-state index in [9.17, 15) is 4.79 Å². The van der Waals surface area contributed by atoms with Crippen LogP contribution in [0.15, 0.2) is 24.3 Å². The number of carbonyl (C=O) groups is 1. The molecule has 1 heterocycles. The van der Waals surface area contributed by atoms with Crippen molar-refractivity contribution in [1.82, 2.24) is 4.90 Å². The lowest BCUT2D eigenvalue weighted by molar-refractivity contribution is -0.133. The first-order valence-corrected chi connectivity index (χ1v) is 5.66. The molecule has 1 aliphatic heterocycles. The van der Waals surface area contributed by atoms with Crippen LogP contribution in [0.5, 0.6) is 0 Å². The molecule has 80 valence electrons. The molecule has 0 saturated carbocycles. The highest BCUT2D eigenvalue weighted by Crippen LogP contribution is 2.16. The molecule has 0 aliphatic carbocycles. The van der Waals surface area contributed by atoms with Crippen LogP contribution < -0.4 is 0 Å². The zero-order valence-corrected chi connectivity index (χ0v) is 9.33. The number of halogens is 1. The fraction of sp³-hybridized carbons (Fsp3) is 0.417. The van der Waals surface area contributed by atoms with Gasteiger partial charge < -0.3 is 4.90 Å². The molecule has 0 aromatic heterocycles. The standard InChI is InChI=1S/C12H14ClNO/c13-11-6-4-10(5-7-11)9-14-8-2-1-3-12(14)15/h4-7H,1-3,8-9H2. The van der Waals surface area contributed by atoms with E-state index in [-0.39, 0.29) is 5.91 Å². The second kappa shape index (κ2) is 4.67. The maximum atomic E-state index is 11.6. The minimum atomic E-state index is 0.274. The van der Waals surface area contributed by atoms with Gasteiger partial charge in [-0.3, -0.25) is 4.79 Å². The van der Waals surface area contributed by atoms with E-state index in [2.05, 4.69) is 0 Å². The van der Waals surface area contributed by atoms with E-state index in [1.165, 1.54) is 0 Å². The van der Waals surface area contributed by atoms with Crippen molar-refractivity contribution in [3.05, 3.63) is 34.9 Å². The van der Waals surface area contributed by atoms with Gasteiger partial charge in [-0.05, 0) is 30.5 Å². The number of hydrogen-bond acceptors (Lipinski definition) is 1. The van der Waals surface area contributed by atoms with Gasteiger partial charge >= 0.3 is 0 Å². The first-order chi connectivity index (χ1) is 7.25. The van der Waals surface area contributed by atoms with Gasteiger partial charge in [0.1, 0.15) is 0 Å². The summed E-state index contributed by atoms with van der Waals surface area (Å²) in [4.78, 5) is 13.5. The third-order valence-electron chi connectivity index (χ3n) is 2.71. The number of piperidine rings is 1. The molecule has 1 fully saturated rings. The van der Waals surface area contributed by atoms with E-state index in [0.717, 1.165) is 36.5 Å². The van der Waals surface area contributed by atoms with Crippen molar-refractivity contribution in [3.63, 3.8) is 0 Å². The lowest BCUT2D eigenvalue weighted by atomic mass is 10.1. The van der Waals surface area contributed by atoms with Crippen molar-refractivity contribution in [2.75, 3.05) is 6.54 Å². The SMILES string of the molecule is O=C1CCCCN1Cc1ccc(Cl)cc1. The van der Waals surface area contributed by atoms with E-state index in [1.54, 1.807) is 0 Å². The van der Waals surface area contributed by atoms with Crippen LogP contribution in [0, 0.1) is 0 Å². The molecule has 0 bridgehead atoms. The van der Waals surface area contributed by atoms with Gasteiger partial charge in [0.05, 0.1) is 0 Å². The summed E-state index contributed by atoms with van der Waals surface area (Å²) in [6.07, 6.45) is 2.86. The van der Waals surface area contributed by atoms with Crippen molar-refractivity contribution >= 4 is 17.5 Å². The van der Waals surface area contributed by atoms with Crippen molar-refractivity contribution in [2.45, 2.75) is 25.8 Å². The van der Waals surface area contributed by atoms with Gasteiger partial charge in [0.2, 0.25) is 5.91 Å². The van der Waals surface area contributed by atoms with E-state index >= 15 is 0 Å². The Morgan fingerprint density at radius 2 is 1.93 bits per heavy atom. The summed E-state index contributed by atoms with van der Waals surface area (Å²) >= 11 is 5.80. The highest BCUT2D eigenvalue weighted by Gasteiger charge is 2.17. The van der Waals surface area contributed by atoms with Gasteiger partial charge in [-0.1, -0.05) is 23.7 Å². The van der Waals surface area contributed by atoms with Gasteiger partial charge in [0.25, 0.3) is 0 Å². The lowest BCUT2D eigenvalue weighted by Gasteiger charge is -2.26. The second-order valence-corrected chi connectivity index (χ2v) is 4.34. The number of benzene rings is 1. The first kappa shape index (κ1) is 10.5. The molecule has 0 unspecified atom stereocenters. The Kier molecular flexibility index (Phi) is 3.27. The maximum absolute atomic E-state index is 11.6. The van der Waals surface area contributed by atoms with E-state index in [0.29, 0.717) is 6.42 Å². The zero-order valence-electron chi connectivity index (χ0n) is 8.58. The van der Waals surface area contributed by atoms with Gasteiger partial charge in [-0.2, -0.15) is 0 Å². The molecule has 0 atom stereocenters. The summed E-state index contributed by atoms with van der Waals surface area (Å²) in [5, 5.41) is 0.740. The Morgan fingerprint density at radius 3 is 2.60 bits per heavy atom. The van der Waals surface area contributed by atoms with Crippen LogP contribution in [-0.2, 0) is 11.3 Å². The highest BCUT2D eigenvalue weighted by molar-refractivity contribution is 6.30. The second-order valence-electron chi connectivity index (χ2n) is 3.90.